The summed E-state index contributed by atoms with van der Waals surface area (Å²) in [5, 5.41) is 11.7. The number of Topliss-reactive ketones (excluding diaryl/α,β-unsaturated/α-hetero) is 1. The molecule has 0 radical (unpaired) electrons. The van der Waals surface area contributed by atoms with Crippen LogP contribution < -0.4 is 0 Å². The summed E-state index contributed by atoms with van der Waals surface area (Å²) in [7, 11) is 0. The minimum Gasteiger partial charge on any atom is -0.411 e. The molecule has 0 aromatic heterocycles. The van der Waals surface area contributed by atoms with Crippen molar-refractivity contribution in [2.75, 3.05) is 0 Å². The van der Waals surface area contributed by atoms with Crippen molar-refractivity contribution in [2.45, 2.75) is 40.5 Å². The smallest absolute Gasteiger partial charge is 0.180 e. The van der Waals surface area contributed by atoms with Gasteiger partial charge in [-0.25, -0.2) is 0 Å². The molecule has 3 heteroatoms. The van der Waals surface area contributed by atoms with Gasteiger partial charge in [-0.05, 0) is 18.3 Å². The van der Waals surface area contributed by atoms with Gasteiger partial charge in [0.05, 0.1) is 0 Å². The van der Waals surface area contributed by atoms with E-state index in [9.17, 15) is 4.79 Å². The Morgan fingerprint density at radius 1 is 1.15 bits per heavy atom. The zero-order chi connectivity index (χ0) is 10.4. The van der Waals surface area contributed by atoms with Crippen LogP contribution in [0, 0.1) is 11.8 Å². The van der Waals surface area contributed by atoms with Crippen LogP contribution in [0.3, 0.4) is 0 Å². The molecule has 0 rings (SSSR count). The highest BCUT2D eigenvalue weighted by Crippen LogP contribution is 2.07. The molecule has 0 atom stereocenters. The summed E-state index contributed by atoms with van der Waals surface area (Å²) in [4.78, 5) is 11.4. The van der Waals surface area contributed by atoms with Crippen LogP contribution in [0.4, 0.5) is 0 Å². The molecule has 0 heterocycles. The Morgan fingerprint density at radius 3 is 1.92 bits per heavy atom. The molecular formula is C10H19NO2. The average molecular weight is 185 g/mol. The van der Waals surface area contributed by atoms with Crippen molar-refractivity contribution >= 4 is 11.5 Å². The summed E-state index contributed by atoms with van der Waals surface area (Å²) in [6.45, 7) is 7.94. The fourth-order valence-electron chi connectivity index (χ4n) is 1.09. The van der Waals surface area contributed by atoms with Gasteiger partial charge in [-0.3, -0.25) is 4.79 Å². The molecule has 0 saturated heterocycles. The summed E-state index contributed by atoms with van der Waals surface area (Å²) in [6.07, 6.45) is 1.02. The van der Waals surface area contributed by atoms with Gasteiger partial charge in [0.25, 0.3) is 0 Å². The van der Waals surface area contributed by atoms with Crippen molar-refractivity contribution in [3.63, 3.8) is 0 Å². The van der Waals surface area contributed by atoms with Crippen LogP contribution in [-0.2, 0) is 4.79 Å². The maximum atomic E-state index is 11.4. The van der Waals surface area contributed by atoms with Crippen LogP contribution in [-0.4, -0.2) is 16.7 Å². The second-order valence-corrected chi connectivity index (χ2v) is 4.17. The molecule has 0 unspecified atom stereocenters. The predicted molar refractivity (Wildman–Crippen MR) is 53.1 cm³/mol. The number of hydrogen-bond donors (Lipinski definition) is 1. The molecule has 0 saturated carbocycles. The molecule has 0 aromatic carbocycles. The van der Waals surface area contributed by atoms with Crippen LogP contribution in [0.15, 0.2) is 5.16 Å². The molecule has 0 aliphatic carbocycles. The third kappa shape index (κ3) is 5.39. The maximum absolute atomic E-state index is 11.4. The second-order valence-electron chi connectivity index (χ2n) is 4.17. The molecule has 0 amide bonds. The van der Waals surface area contributed by atoms with Gasteiger partial charge >= 0.3 is 0 Å². The first-order valence-corrected chi connectivity index (χ1v) is 4.71. The minimum absolute atomic E-state index is 0.0359. The largest absolute Gasteiger partial charge is 0.411 e. The third-order valence-corrected chi connectivity index (χ3v) is 1.64. The van der Waals surface area contributed by atoms with Crippen LogP contribution in [0.2, 0.25) is 0 Å². The lowest BCUT2D eigenvalue weighted by atomic mass is 9.98. The van der Waals surface area contributed by atoms with Gasteiger partial charge in [0, 0.05) is 6.42 Å². The molecule has 0 aromatic rings. The summed E-state index contributed by atoms with van der Waals surface area (Å²) in [6, 6.07) is 0. The molecule has 0 fully saturated rings. The van der Waals surface area contributed by atoms with E-state index in [1.165, 1.54) is 0 Å². The van der Waals surface area contributed by atoms with E-state index in [1.807, 2.05) is 27.7 Å². The second kappa shape index (κ2) is 5.73. The Hall–Kier alpha value is -0.860. The van der Waals surface area contributed by atoms with Crippen molar-refractivity contribution in [1.29, 1.82) is 0 Å². The predicted octanol–water partition coefficient (Wildman–Crippen LogP) is 2.48. The van der Waals surface area contributed by atoms with Gasteiger partial charge in [-0.2, -0.15) is 0 Å². The van der Waals surface area contributed by atoms with Crippen LogP contribution in [0.1, 0.15) is 40.5 Å². The van der Waals surface area contributed by atoms with Crippen LogP contribution >= 0.6 is 0 Å². The van der Waals surface area contributed by atoms with E-state index in [0.717, 1.165) is 0 Å². The normalized spacial score (nSPS) is 12.6. The van der Waals surface area contributed by atoms with Gasteiger partial charge in [0.15, 0.2) is 5.78 Å². The Balaban J connectivity index is 4.18. The van der Waals surface area contributed by atoms with Gasteiger partial charge in [0.1, 0.15) is 5.71 Å². The molecule has 13 heavy (non-hydrogen) atoms. The lowest BCUT2D eigenvalue weighted by Crippen LogP contribution is -2.18. The Bertz CT molecular complexity index is 195. The van der Waals surface area contributed by atoms with E-state index in [4.69, 9.17) is 5.21 Å². The van der Waals surface area contributed by atoms with E-state index < -0.39 is 0 Å². The van der Waals surface area contributed by atoms with Crippen molar-refractivity contribution in [2.24, 2.45) is 17.0 Å². The van der Waals surface area contributed by atoms with Crippen LogP contribution in [0.25, 0.3) is 0 Å². The van der Waals surface area contributed by atoms with Crippen molar-refractivity contribution in [3.05, 3.63) is 0 Å². The molecular weight excluding hydrogens is 166 g/mol. The number of nitrogens with zero attached hydrogens (tertiary/aromatic N) is 1. The Labute approximate surface area is 79.8 Å². The van der Waals surface area contributed by atoms with E-state index in [2.05, 4.69) is 5.16 Å². The lowest BCUT2D eigenvalue weighted by Gasteiger charge is -2.07. The average Bonchev–Trinajstić information content (AvgIpc) is 1.98. The standard InChI is InChI=1S/C10H19NO2/c1-7(2)5-9(11-13)10(12)6-8(3)4/h7-8,13H,5-6H2,1-4H3/b11-9-. The molecule has 76 valence electrons. The first-order chi connectivity index (χ1) is 5.97. The Kier molecular flexibility index (Phi) is 5.35. The highest BCUT2D eigenvalue weighted by Gasteiger charge is 2.14. The molecule has 0 spiro atoms. The zero-order valence-corrected chi connectivity index (χ0v) is 8.87. The monoisotopic (exact) mass is 185 g/mol. The van der Waals surface area contributed by atoms with E-state index in [1.54, 1.807) is 0 Å². The first kappa shape index (κ1) is 12.1. The SMILES string of the molecule is CC(C)CC(=O)/C(CC(C)C)=N\O. The summed E-state index contributed by atoms with van der Waals surface area (Å²) in [5.74, 6) is 0.629. The lowest BCUT2D eigenvalue weighted by molar-refractivity contribution is -0.113. The molecule has 1 N–H and O–H groups in total. The van der Waals surface area contributed by atoms with Crippen molar-refractivity contribution in [1.82, 2.24) is 0 Å². The minimum atomic E-state index is -0.0359. The van der Waals surface area contributed by atoms with Crippen molar-refractivity contribution < 1.29 is 10.0 Å². The van der Waals surface area contributed by atoms with Gasteiger partial charge in [0.2, 0.25) is 0 Å². The maximum Gasteiger partial charge on any atom is 0.180 e. The van der Waals surface area contributed by atoms with Gasteiger partial charge in [-0.15, -0.1) is 0 Å². The fourth-order valence-corrected chi connectivity index (χ4v) is 1.09. The molecule has 0 aliphatic heterocycles. The molecule has 3 nitrogen and oxygen atoms in total. The highest BCUT2D eigenvalue weighted by molar-refractivity contribution is 6.39. The zero-order valence-electron chi connectivity index (χ0n) is 8.87. The number of hydrogen-bond acceptors (Lipinski definition) is 3. The fraction of sp³-hybridized carbons (Fsp3) is 0.800. The number of oxime groups is 1. The quantitative estimate of drug-likeness (QED) is 0.406. The Morgan fingerprint density at radius 2 is 1.62 bits per heavy atom. The number of rotatable bonds is 5. The third-order valence-electron chi connectivity index (χ3n) is 1.64. The summed E-state index contributed by atoms with van der Waals surface area (Å²) >= 11 is 0. The first-order valence-electron chi connectivity index (χ1n) is 4.71. The molecule has 0 aliphatic rings. The van der Waals surface area contributed by atoms with E-state index in [-0.39, 0.29) is 5.78 Å². The van der Waals surface area contributed by atoms with E-state index in [0.29, 0.717) is 30.4 Å². The van der Waals surface area contributed by atoms with Gasteiger partial charge in [-0.1, -0.05) is 32.9 Å². The van der Waals surface area contributed by atoms with Crippen molar-refractivity contribution in [3.8, 4) is 0 Å². The van der Waals surface area contributed by atoms with E-state index >= 15 is 0 Å². The highest BCUT2D eigenvalue weighted by atomic mass is 16.4. The van der Waals surface area contributed by atoms with Crippen LogP contribution in [0.5, 0.6) is 0 Å². The topological polar surface area (TPSA) is 49.7 Å². The number of carbonyl (C=O) groups is 1. The molecule has 0 bridgehead atoms. The summed E-state index contributed by atoms with van der Waals surface area (Å²) < 4.78 is 0. The summed E-state index contributed by atoms with van der Waals surface area (Å²) in [5.41, 5.74) is 0.309. The number of carbonyl (C=O) groups excluding carboxylic acids is 1. The number of ketones is 1. The van der Waals surface area contributed by atoms with Gasteiger partial charge < -0.3 is 5.21 Å².